The number of para-hydroxylation sites is 1. The van der Waals surface area contributed by atoms with E-state index in [9.17, 15) is 4.79 Å². The highest BCUT2D eigenvalue weighted by Gasteiger charge is 2.05. The lowest BCUT2D eigenvalue weighted by molar-refractivity contribution is -0.123. The Kier molecular flexibility index (Phi) is 7.05. The van der Waals surface area contributed by atoms with Gasteiger partial charge in [0.15, 0.2) is 6.61 Å². The quantitative estimate of drug-likeness (QED) is 0.440. The Hall–Kier alpha value is -2.78. The molecule has 25 heavy (non-hydrogen) atoms. The summed E-state index contributed by atoms with van der Waals surface area (Å²) in [5.41, 5.74) is 4.06. The maximum absolute atomic E-state index is 11.8. The van der Waals surface area contributed by atoms with Gasteiger partial charge in [-0.05, 0) is 36.8 Å². The molecule has 0 spiro atoms. The van der Waals surface area contributed by atoms with Crippen LogP contribution in [0.2, 0.25) is 0 Å². The molecule has 0 bridgehead atoms. The van der Waals surface area contributed by atoms with Crippen molar-refractivity contribution in [2.45, 2.75) is 6.92 Å². The predicted molar refractivity (Wildman–Crippen MR) is 101 cm³/mol. The summed E-state index contributed by atoms with van der Waals surface area (Å²) >= 11 is 3.38. The Balaban J connectivity index is 1.92. The number of nitrogens with zero attached hydrogens (tertiary/aromatic N) is 1. The third-order valence-electron chi connectivity index (χ3n) is 3.13. The fourth-order valence-electron chi connectivity index (χ4n) is 1.94. The number of carbonyl (C=O) groups excluding carboxylic acids is 1. The molecule has 128 valence electrons. The maximum atomic E-state index is 11.8. The van der Waals surface area contributed by atoms with Crippen molar-refractivity contribution in [2.24, 2.45) is 5.10 Å². The number of benzene rings is 2. The van der Waals surface area contributed by atoms with E-state index in [4.69, 9.17) is 15.9 Å². The molecule has 6 heteroatoms. The molecule has 0 fully saturated rings. The van der Waals surface area contributed by atoms with Gasteiger partial charge < -0.3 is 9.47 Å². The predicted octanol–water partition coefficient (Wildman–Crippen LogP) is 3.30. The lowest BCUT2D eigenvalue weighted by Gasteiger charge is -2.08. The number of hydrogen-bond acceptors (Lipinski definition) is 4. The Morgan fingerprint density at radius 2 is 2.08 bits per heavy atom. The zero-order chi connectivity index (χ0) is 18.1. The number of aryl methyl sites for hydroxylation is 1. The first kappa shape index (κ1) is 18.6. The summed E-state index contributed by atoms with van der Waals surface area (Å²) < 4.78 is 11.7. The largest absolute Gasteiger partial charge is 0.483 e. The van der Waals surface area contributed by atoms with Gasteiger partial charge in [-0.1, -0.05) is 40.0 Å². The molecule has 0 aliphatic heterocycles. The smallest absolute Gasteiger partial charge is 0.277 e. The minimum atomic E-state index is -0.361. The Morgan fingerprint density at radius 3 is 2.84 bits per heavy atom. The van der Waals surface area contributed by atoms with E-state index in [2.05, 4.69) is 32.4 Å². The van der Waals surface area contributed by atoms with E-state index in [1.807, 2.05) is 43.3 Å². The van der Waals surface area contributed by atoms with Crippen molar-refractivity contribution in [1.29, 1.82) is 0 Å². The van der Waals surface area contributed by atoms with Crippen molar-refractivity contribution >= 4 is 28.1 Å². The average Bonchev–Trinajstić information content (AvgIpc) is 2.60. The number of terminal acetylenes is 1. The molecule has 0 atom stereocenters. The molecular weight excluding hydrogens is 384 g/mol. The third kappa shape index (κ3) is 5.98. The summed E-state index contributed by atoms with van der Waals surface area (Å²) in [5.74, 6) is 3.29. The molecule has 0 saturated heterocycles. The van der Waals surface area contributed by atoms with Gasteiger partial charge in [0.05, 0.1) is 6.21 Å². The van der Waals surface area contributed by atoms with Crippen LogP contribution in [0.1, 0.15) is 11.1 Å². The van der Waals surface area contributed by atoms with Crippen LogP contribution in [0.15, 0.2) is 52.0 Å². The summed E-state index contributed by atoms with van der Waals surface area (Å²) in [6, 6.07) is 12.9. The van der Waals surface area contributed by atoms with E-state index >= 15 is 0 Å². The van der Waals surface area contributed by atoms with Gasteiger partial charge in [0.1, 0.15) is 18.1 Å². The minimum absolute atomic E-state index is 0.124. The number of hydrazone groups is 1. The lowest BCUT2D eigenvalue weighted by atomic mass is 10.2. The van der Waals surface area contributed by atoms with Crippen LogP contribution in [0.5, 0.6) is 11.5 Å². The van der Waals surface area contributed by atoms with Crippen molar-refractivity contribution in [3.05, 3.63) is 58.1 Å². The van der Waals surface area contributed by atoms with Gasteiger partial charge in [0.25, 0.3) is 5.91 Å². The summed E-state index contributed by atoms with van der Waals surface area (Å²) in [5, 5.41) is 3.93. The van der Waals surface area contributed by atoms with Crippen LogP contribution in [-0.2, 0) is 4.79 Å². The summed E-state index contributed by atoms with van der Waals surface area (Å²) in [4.78, 5) is 11.8. The fraction of sp³-hybridized carbons (Fsp3) is 0.158. The number of ether oxygens (including phenoxy) is 2. The van der Waals surface area contributed by atoms with Gasteiger partial charge in [-0.25, -0.2) is 5.43 Å². The van der Waals surface area contributed by atoms with E-state index in [1.54, 1.807) is 6.07 Å². The summed E-state index contributed by atoms with van der Waals surface area (Å²) in [6.07, 6.45) is 6.69. The van der Waals surface area contributed by atoms with Crippen molar-refractivity contribution < 1.29 is 14.3 Å². The molecule has 0 aromatic heterocycles. The van der Waals surface area contributed by atoms with Crippen LogP contribution in [-0.4, -0.2) is 25.3 Å². The highest BCUT2D eigenvalue weighted by molar-refractivity contribution is 9.10. The summed E-state index contributed by atoms with van der Waals surface area (Å²) in [6.45, 7) is 1.94. The molecule has 2 aromatic carbocycles. The van der Waals surface area contributed by atoms with Crippen molar-refractivity contribution in [3.8, 4) is 23.8 Å². The lowest BCUT2D eigenvalue weighted by Crippen LogP contribution is -2.24. The van der Waals surface area contributed by atoms with Gasteiger partial charge in [-0.3, -0.25) is 4.79 Å². The SMILES string of the molecule is C#CCOc1ccc(Br)cc1/C=N\NC(=O)COc1ccccc1C. The molecule has 0 aliphatic rings. The first-order valence-corrected chi connectivity index (χ1v) is 8.25. The molecule has 1 amide bonds. The number of rotatable bonds is 7. The van der Waals surface area contributed by atoms with Crippen LogP contribution in [0.3, 0.4) is 0 Å². The molecule has 0 radical (unpaired) electrons. The Morgan fingerprint density at radius 1 is 1.28 bits per heavy atom. The third-order valence-corrected chi connectivity index (χ3v) is 3.62. The van der Waals surface area contributed by atoms with Crippen LogP contribution in [0.25, 0.3) is 0 Å². The number of nitrogens with one attached hydrogen (secondary N) is 1. The van der Waals surface area contributed by atoms with Gasteiger partial charge in [0, 0.05) is 10.0 Å². The standard InChI is InChI=1S/C19H17BrN2O3/c1-3-10-24-18-9-8-16(20)11-15(18)12-21-22-19(23)13-25-17-7-5-4-6-14(17)2/h1,4-9,11-12H,10,13H2,2H3,(H,22,23)/b21-12-. The monoisotopic (exact) mass is 400 g/mol. The molecule has 2 aromatic rings. The van der Waals surface area contributed by atoms with Crippen molar-refractivity contribution in [3.63, 3.8) is 0 Å². The number of carbonyl (C=O) groups is 1. The van der Waals surface area contributed by atoms with E-state index in [1.165, 1.54) is 6.21 Å². The molecule has 5 nitrogen and oxygen atoms in total. The molecule has 0 saturated carbocycles. The van der Waals surface area contributed by atoms with Gasteiger partial charge in [0.2, 0.25) is 0 Å². The molecule has 1 N–H and O–H groups in total. The maximum Gasteiger partial charge on any atom is 0.277 e. The number of amides is 1. The van der Waals surface area contributed by atoms with Gasteiger partial charge in [-0.15, -0.1) is 6.42 Å². The van der Waals surface area contributed by atoms with Crippen LogP contribution in [0, 0.1) is 19.3 Å². The second kappa shape index (κ2) is 9.50. The van der Waals surface area contributed by atoms with Crippen LogP contribution in [0.4, 0.5) is 0 Å². The topological polar surface area (TPSA) is 59.9 Å². The first-order valence-electron chi connectivity index (χ1n) is 7.46. The van der Waals surface area contributed by atoms with Crippen LogP contribution >= 0.6 is 15.9 Å². The zero-order valence-corrected chi connectivity index (χ0v) is 15.2. The zero-order valence-electron chi connectivity index (χ0n) is 13.7. The fourth-order valence-corrected chi connectivity index (χ4v) is 2.32. The molecule has 2 rings (SSSR count). The second-order valence-corrected chi connectivity index (χ2v) is 5.94. The molecule has 0 unspecified atom stereocenters. The second-order valence-electron chi connectivity index (χ2n) is 5.02. The van der Waals surface area contributed by atoms with Crippen molar-refractivity contribution in [1.82, 2.24) is 5.43 Å². The van der Waals surface area contributed by atoms with E-state index in [0.717, 1.165) is 10.0 Å². The average molecular weight is 401 g/mol. The highest BCUT2D eigenvalue weighted by atomic mass is 79.9. The normalized spacial score (nSPS) is 10.3. The molecule has 0 heterocycles. The molecular formula is C19H17BrN2O3. The highest BCUT2D eigenvalue weighted by Crippen LogP contribution is 2.21. The Labute approximate surface area is 155 Å². The van der Waals surface area contributed by atoms with E-state index in [0.29, 0.717) is 17.1 Å². The van der Waals surface area contributed by atoms with Crippen LogP contribution < -0.4 is 14.9 Å². The Bertz CT molecular complexity index is 813. The number of halogens is 1. The first-order chi connectivity index (χ1) is 12.1. The van der Waals surface area contributed by atoms with Gasteiger partial charge in [-0.2, -0.15) is 5.10 Å². The van der Waals surface area contributed by atoms with Crippen molar-refractivity contribution in [2.75, 3.05) is 13.2 Å². The molecule has 0 aliphatic carbocycles. The van der Waals surface area contributed by atoms with E-state index < -0.39 is 0 Å². The minimum Gasteiger partial charge on any atom is -0.483 e. The van der Waals surface area contributed by atoms with E-state index in [-0.39, 0.29) is 19.1 Å². The summed E-state index contributed by atoms with van der Waals surface area (Å²) in [7, 11) is 0. The number of hydrogen-bond donors (Lipinski definition) is 1. The van der Waals surface area contributed by atoms with Gasteiger partial charge >= 0.3 is 0 Å².